The molecule has 2 aromatic heterocycles. The molecule has 0 aromatic carbocycles. The average molecular weight is 292 g/mol. The third-order valence-electron chi connectivity index (χ3n) is 3.12. The number of aryl methyl sites for hydroxylation is 4. The highest BCUT2D eigenvalue weighted by Gasteiger charge is 2.13. The Morgan fingerprint density at radius 2 is 2.10 bits per heavy atom. The minimum absolute atomic E-state index is 0.0876. The van der Waals surface area contributed by atoms with E-state index in [1.54, 1.807) is 11.3 Å². The molecule has 0 aliphatic carbocycles. The van der Waals surface area contributed by atoms with Gasteiger partial charge in [-0.3, -0.25) is 9.48 Å². The lowest BCUT2D eigenvalue weighted by Crippen LogP contribution is -2.23. The van der Waals surface area contributed by atoms with E-state index < -0.39 is 0 Å². The largest absolute Gasteiger partial charge is 0.345 e. The molecule has 0 bridgehead atoms. The third-order valence-corrected chi connectivity index (χ3v) is 4.19. The Bertz CT molecular complexity index is 595. The van der Waals surface area contributed by atoms with Gasteiger partial charge in [0.2, 0.25) is 0 Å². The SMILES string of the molecule is CCCn1cc(C(=O)NCc2nc(C)c(C)s2)c(C)n1. The van der Waals surface area contributed by atoms with Crippen LogP contribution in [0, 0.1) is 20.8 Å². The second-order valence-corrected chi connectivity index (χ2v) is 6.11. The van der Waals surface area contributed by atoms with Crippen LogP contribution in [-0.2, 0) is 13.1 Å². The molecule has 0 saturated heterocycles. The molecule has 108 valence electrons. The Morgan fingerprint density at radius 3 is 2.70 bits per heavy atom. The molecule has 0 spiro atoms. The number of hydrogen-bond donors (Lipinski definition) is 1. The van der Waals surface area contributed by atoms with Crippen molar-refractivity contribution in [1.29, 1.82) is 0 Å². The van der Waals surface area contributed by atoms with E-state index >= 15 is 0 Å². The van der Waals surface area contributed by atoms with Gasteiger partial charge >= 0.3 is 0 Å². The van der Waals surface area contributed by atoms with Gasteiger partial charge in [-0.1, -0.05) is 6.92 Å². The number of nitrogens with one attached hydrogen (secondary N) is 1. The molecule has 1 N–H and O–H groups in total. The number of carbonyl (C=O) groups is 1. The highest BCUT2D eigenvalue weighted by molar-refractivity contribution is 7.11. The summed E-state index contributed by atoms with van der Waals surface area (Å²) >= 11 is 1.62. The van der Waals surface area contributed by atoms with Crippen molar-refractivity contribution in [2.24, 2.45) is 0 Å². The fraction of sp³-hybridized carbons (Fsp3) is 0.500. The van der Waals surface area contributed by atoms with Gasteiger partial charge in [-0.25, -0.2) is 4.98 Å². The normalized spacial score (nSPS) is 10.8. The van der Waals surface area contributed by atoms with E-state index in [9.17, 15) is 4.79 Å². The van der Waals surface area contributed by atoms with E-state index in [2.05, 4.69) is 22.3 Å². The number of amides is 1. The molecule has 1 amide bonds. The first-order chi connectivity index (χ1) is 9.51. The Balaban J connectivity index is 2.01. The molecular formula is C14H20N4OS. The van der Waals surface area contributed by atoms with Crippen LogP contribution in [0.25, 0.3) is 0 Å². The van der Waals surface area contributed by atoms with Crippen molar-refractivity contribution in [3.63, 3.8) is 0 Å². The van der Waals surface area contributed by atoms with Crippen LogP contribution >= 0.6 is 11.3 Å². The van der Waals surface area contributed by atoms with Crippen molar-refractivity contribution in [2.75, 3.05) is 0 Å². The van der Waals surface area contributed by atoms with Gasteiger partial charge in [-0.15, -0.1) is 11.3 Å². The van der Waals surface area contributed by atoms with Crippen molar-refractivity contribution in [3.8, 4) is 0 Å². The molecule has 20 heavy (non-hydrogen) atoms. The maximum absolute atomic E-state index is 12.2. The average Bonchev–Trinajstić information content (AvgIpc) is 2.91. The monoisotopic (exact) mass is 292 g/mol. The second kappa shape index (κ2) is 6.17. The predicted octanol–water partition coefficient (Wildman–Crippen LogP) is 2.60. The van der Waals surface area contributed by atoms with Gasteiger partial charge in [0.25, 0.3) is 5.91 Å². The Kier molecular flexibility index (Phi) is 4.54. The smallest absolute Gasteiger partial charge is 0.255 e. The summed E-state index contributed by atoms with van der Waals surface area (Å²) in [7, 11) is 0. The van der Waals surface area contributed by atoms with Crippen LogP contribution < -0.4 is 5.32 Å². The van der Waals surface area contributed by atoms with Crippen LogP contribution in [0.15, 0.2) is 6.20 Å². The highest BCUT2D eigenvalue weighted by atomic mass is 32.1. The van der Waals surface area contributed by atoms with Crippen LogP contribution in [0.2, 0.25) is 0 Å². The summed E-state index contributed by atoms with van der Waals surface area (Å²) in [5, 5.41) is 8.18. The molecule has 0 unspecified atom stereocenters. The van der Waals surface area contributed by atoms with Crippen molar-refractivity contribution in [1.82, 2.24) is 20.1 Å². The van der Waals surface area contributed by atoms with Gasteiger partial charge in [0.1, 0.15) is 5.01 Å². The molecule has 0 radical (unpaired) electrons. The topological polar surface area (TPSA) is 59.8 Å². The number of thiazole rings is 1. The van der Waals surface area contributed by atoms with E-state index in [1.807, 2.05) is 31.6 Å². The van der Waals surface area contributed by atoms with Gasteiger partial charge in [0, 0.05) is 17.6 Å². The molecule has 0 fully saturated rings. The first-order valence-corrected chi connectivity index (χ1v) is 7.58. The van der Waals surface area contributed by atoms with Gasteiger partial charge < -0.3 is 5.32 Å². The second-order valence-electron chi connectivity index (χ2n) is 4.82. The first-order valence-electron chi connectivity index (χ1n) is 6.76. The molecule has 0 aliphatic heterocycles. The summed E-state index contributed by atoms with van der Waals surface area (Å²) in [6, 6.07) is 0. The number of aromatic nitrogens is 3. The predicted molar refractivity (Wildman–Crippen MR) is 80.0 cm³/mol. The quantitative estimate of drug-likeness (QED) is 0.921. The molecular weight excluding hydrogens is 272 g/mol. The van der Waals surface area contributed by atoms with Gasteiger partial charge in [-0.2, -0.15) is 5.10 Å². The fourth-order valence-electron chi connectivity index (χ4n) is 1.95. The fourth-order valence-corrected chi connectivity index (χ4v) is 2.82. The van der Waals surface area contributed by atoms with E-state index in [-0.39, 0.29) is 5.91 Å². The van der Waals surface area contributed by atoms with Gasteiger partial charge in [-0.05, 0) is 27.2 Å². The van der Waals surface area contributed by atoms with E-state index in [0.717, 1.165) is 29.4 Å². The molecule has 2 aromatic rings. The maximum Gasteiger partial charge on any atom is 0.255 e. The summed E-state index contributed by atoms with van der Waals surface area (Å²) in [4.78, 5) is 17.8. The lowest BCUT2D eigenvalue weighted by molar-refractivity contribution is 0.0950. The Labute approximate surface area is 123 Å². The standard InChI is InChI=1S/C14H20N4OS/c1-5-6-18-8-12(10(3)17-18)14(19)15-7-13-16-9(2)11(4)20-13/h8H,5-7H2,1-4H3,(H,15,19). The molecule has 5 nitrogen and oxygen atoms in total. The minimum atomic E-state index is -0.0876. The first kappa shape index (κ1) is 14.7. The zero-order valence-corrected chi connectivity index (χ0v) is 13.2. The van der Waals surface area contributed by atoms with Crippen molar-refractivity contribution in [2.45, 2.75) is 47.2 Å². The highest BCUT2D eigenvalue weighted by Crippen LogP contribution is 2.16. The Hall–Kier alpha value is -1.69. The van der Waals surface area contributed by atoms with Gasteiger partial charge in [0.15, 0.2) is 0 Å². The van der Waals surface area contributed by atoms with Crippen LogP contribution in [0.1, 0.15) is 45.0 Å². The molecule has 2 heterocycles. The summed E-state index contributed by atoms with van der Waals surface area (Å²) in [5.74, 6) is -0.0876. The lowest BCUT2D eigenvalue weighted by atomic mass is 10.2. The van der Waals surface area contributed by atoms with Crippen LogP contribution in [0.4, 0.5) is 0 Å². The lowest BCUT2D eigenvalue weighted by Gasteiger charge is -2.01. The molecule has 0 aliphatic rings. The maximum atomic E-state index is 12.2. The van der Waals surface area contributed by atoms with Crippen LogP contribution in [0.3, 0.4) is 0 Å². The molecule has 0 saturated carbocycles. The summed E-state index contributed by atoms with van der Waals surface area (Å²) < 4.78 is 1.82. The third kappa shape index (κ3) is 3.25. The van der Waals surface area contributed by atoms with Crippen molar-refractivity contribution >= 4 is 17.2 Å². The number of nitrogens with zero attached hydrogens (tertiary/aromatic N) is 3. The van der Waals surface area contributed by atoms with Crippen molar-refractivity contribution < 1.29 is 4.79 Å². The van der Waals surface area contributed by atoms with E-state index in [4.69, 9.17) is 0 Å². The zero-order valence-electron chi connectivity index (χ0n) is 12.4. The van der Waals surface area contributed by atoms with Crippen LogP contribution in [-0.4, -0.2) is 20.7 Å². The minimum Gasteiger partial charge on any atom is -0.345 e. The van der Waals surface area contributed by atoms with E-state index in [1.165, 1.54) is 4.88 Å². The number of rotatable bonds is 5. The van der Waals surface area contributed by atoms with Gasteiger partial charge in [0.05, 0.1) is 23.5 Å². The number of hydrogen-bond acceptors (Lipinski definition) is 4. The zero-order chi connectivity index (χ0) is 14.7. The summed E-state index contributed by atoms with van der Waals surface area (Å²) in [6.45, 7) is 9.27. The van der Waals surface area contributed by atoms with Crippen LogP contribution in [0.5, 0.6) is 0 Å². The van der Waals surface area contributed by atoms with Crippen molar-refractivity contribution in [3.05, 3.63) is 33.0 Å². The molecule has 2 rings (SSSR count). The molecule has 6 heteroatoms. The summed E-state index contributed by atoms with van der Waals surface area (Å²) in [5.41, 5.74) is 2.44. The molecule has 0 atom stereocenters. The van der Waals surface area contributed by atoms with E-state index in [0.29, 0.717) is 12.1 Å². The summed E-state index contributed by atoms with van der Waals surface area (Å²) in [6.07, 6.45) is 2.81. The Morgan fingerprint density at radius 1 is 1.35 bits per heavy atom. The number of carbonyl (C=O) groups excluding carboxylic acids is 1.